The lowest BCUT2D eigenvalue weighted by atomic mass is 10.2. The fourth-order valence-corrected chi connectivity index (χ4v) is 3.19. The Balaban J connectivity index is 1.90. The average molecular weight is 318 g/mol. The summed E-state index contributed by atoms with van der Waals surface area (Å²) in [6, 6.07) is 9.99. The summed E-state index contributed by atoms with van der Waals surface area (Å²) in [6.07, 6.45) is 0.836. The van der Waals surface area contributed by atoms with E-state index in [2.05, 4.69) is 35.2 Å². The highest BCUT2D eigenvalue weighted by molar-refractivity contribution is 7.18. The third-order valence-corrected chi connectivity index (χ3v) is 4.45. The molecule has 0 spiro atoms. The predicted molar refractivity (Wildman–Crippen MR) is 90.3 cm³/mol. The van der Waals surface area contributed by atoms with Crippen molar-refractivity contribution in [2.24, 2.45) is 0 Å². The van der Waals surface area contributed by atoms with Crippen LogP contribution in [0.1, 0.15) is 23.2 Å². The van der Waals surface area contributed by atoms with Gasteiger partial charge >= 0.3 is 0 Å². The maximum Gasteiger partial charge on any atom is 0.138 e. The number of hydrogen-bond acceptors (Lipinski definition) is 4. The minimum Gasteiger partial charge on any atom is -0.365 e. The van der Waals surface area contributed by atoms with Crippen LogP contribution in [0.3, 0.4) is 0 Å². The van der Waals surface area contributed by atoms with Crippen LogP contribution < -0.4 is 5.32 Å². The Morgan fingerprint density at radius 3 is 2.67 bits per heavy atom. The third kappa shape index (κ3) is 3.17. The number of nitrogens with zero attached hydrogens (tertiary/aromatic N) is 2. The van der Waals surface area contributed by atoms with Crippen LogP contribution in [0.15, 0.2) is 30.3 Å². The smallest absolute Gasteiger partial charge is 0.138 e. The van der Waals surface area contributed by atoms with Gasteiger partial charge < -0.3 is 5.32 Å². The zero-order valence-electron chi connectivity index (χ0n) is 12.0. The highest BCUT2D eigenvalue weighted by Crippen LogP contribution is 2.28. The number of rotatable bonds is 4. The molecule has 1 aromatic carbocycles. The number of thiophene rings is 1. The topological polar surface area (TPSA) is 37.8 Å². The number of nitrogens with one attached hydrogen (secondary N) is 1. The zero-order chi connectivity index (χ0) is 14.8. The Hall–Kier alpha value is -1.65. The van der Waals surface area contributed by atoms with Gasteiger partial charge in [-0.25, -0.2) is 9.97 Å². The summed E-state index contributed by atoms with van der Waals surface area (Å²) in [5.41, 5.74) is 1.18. The molecule has 5 heteroatoms. The normalized spacial score (nSPS) is 11.0. The van der Waals surface area contributed by atoms with Crippen molar-refractivity contribution in [2.45, 2.75) is 26.8 Å². The van der Waals surface area contributed by atoms with Gasteiger partial charge in [0.2, 0.25) is 0 Å². The summed E-state index contributed by atoms with van der Waals surface area (Å²) in [7, 11) is 0. The summed E-state index contributed by atoms with van der Waals surface area (Å²) in [5.74, 6) is 1.79. The van der Waals surface area contributed by atoms with Gasteiger partial charge in [0.1, 0.15) is 16.5 Å². The van der Waals surface area contributed by atoms with Crippen LogP contribution in [0.25, 0.3) is 10.2 Å². The van der Waals surface area contributed by atoms with Gasteiger partial charge in [-0.2, -0.15) is 0 Å². The first-order valence-corrected chi connectivity index (χ1v) is 8.10. The van der Waals surface area contributed by atoms with Gasteiger partial charge in [-0.15, -0.1) is 11.3 Å². The van der Waals surface area contributed by atoms with Gasteiger partial charge in [0, 0.05) is 22.9 Å². The molecular formula is C16H16ClN3S. The lowest BCUT2D eigenvalue weighted by Gasteiger charge is -2.08. The minimum absolute atomic E-state index is 0.724. The first kappa shape index (κ1) is 14.3. The molecule has 0 unspecified atom stereocenters. The molecule has 1 N–H and O–H groups in total. The Morgan fingerprint density at radius 1 is 1.19 bits per heavy atom. The monoisotopic (exact) mass is 317 g/mol. The lowest BCUT2D eigenvalue weighted by Crippen LogP contribution is -2.04. The summed E-state index contributed by atoms with van der Waals surface area (Å²) in [4.78, 5) is 11.5. The van der Waals surface area contributed by atoms with Crippen molar-refractivity contribution in [3.8, 4) is 0 Å². The minimum atomic E-state index is 0.724. The molecule has 3 rings (SSSR count). The van der Waals surface area contributed by atoms with E-state index in [1.807, 2.05) is 24.3 Å². The molecule has 3 nitrogen and oxygen atoms in total. The maximum atomic E-state index is 5.91. The number of fused-ring (bicyclic) bond motifs is 1. The molecule has 0 aliphatic heterocycles. The van der Waals surface area contributed by atoms with E-state index >= 15 is 0 Å². The number of benzene rings is 1. The highest BCUT2D eigenvalue weighted by atomic mass is 35.5. The molecule has 0 saturated heterocycles. The molecule has 0 fully saturated rings. The van der Waals surface area contributed by atoms with Crippen molar-refractivity contribution in [2.75, 3.05) is 5.32 Å². The van der Waals surface area contributed by atoms with E-state index in [0.29, 0.717) is 0 Å². The molecular weight excluding hydrogens is 302 g/mol. The standard InChI is InChI=1S/C16H16ClN3S/c1-3-14-19-15(13-8-10(2)21-16(13)20-14)18-9-11-4-6-12(17)7-5-11/h4-8H,3,9H2,1-2H3,(H,18,19,20). The van der Waals surface area contributed by atoms with Gasteiger partial charge in [0.05, 0.1) is 5.39 Å². The second kappa shape index (κ2) is 6.00. The molecule has 108 valence electrons. The molecule has 3 aromatic rings. The van der Waals surface area contributed by atoms with E-state index in [4.69, 9.17) is 11.6 Å². The first-order valence-electron chi connectivity index (χ1n) is 6.91. The van der Waals surface area contributed by atoms with Crippen molar-refractivity contribution in [3.05, 3.63) is 51.6 Å². The van der Waals surface area contributed by atoms with E-state index in [1.165, 1.54) is 10.4 Å². The predicted octanol–water partition coefficient (Wildman–Crippen LogP) is 4.83. The second-order valence-electron chi connectivity index (χ2n) is 4.90. The second-order valence-corrected chi connectivity index (χ2v) is 6.57. The summed E-state index contributed by atoms with van der Waals surface area (Å²) in [5, 5.41) is 5.28. The molecule has 21 heavy (non-hydrogen) atoms. The number of hydrogen-bond donors (Lipinski definition) is 1. The van der Waals surface area contributed by atoms with Crippen molar-refractivity contribution in [1.82, 2.24) is 9.97 Å². The van der Waals surface area contributed by atoms with Crippen LogP contribution in [0, 0.1) is 6.92 Å². The molecule has 2 aromatic heterocycles. The Bertz CT molecular complexity index is 765. The number of aryl methyl sites for hydroxylation is 2. The van der Waals surface area contributed by atoms with E-state index in [1.54, 1.807) is 11.3 Å². The molecule has 2 heterocycles. The van der Waals surface area contributed by atoms with Gasteiger partial charge in [-0.3, -0.25) is 0 Å². The molecule has 0 bridgehead atoms. The Labute approximate surface area is 133 Å². The van der Waals surface area contributed by atoms with Crippen LogP contribution in [0.2, 0.25) is 5.02 Å². The van der Waals surface area contributed by atoms with Gasteiger partial charge in [-0.05, 0) is 30.7 Å². The highest BCUT2D eigenvalue weighted by Gasteiger charge is 2.09. The van der Waals surface area contributed by atoms with Crippen LogP contribution in [0.4, 0.5) is 5.82 Å². The summed E-state index contributed by atoms with van der Waals surface area (Å²) in [6.45, 7) is 4.90. The molecule has 0 aliphatic carbocycles. The van der Waals surface area contributed by atoms with Crippen LogP contribution >= 0.6 is 22.9 Å². The summed E-state index contributed by atoms with van der Waals surface area (Å²) < 4.78 is 0. The first-order chi connectivity index (χ1) is 10.2. The number of anilines is 1. The molecule has 0 aliphatic rings. The fraction of sp³-hybridized carbons (Fsp3) is 0.250. The molecule has 0 amide bonds. The van der Waals surface area contributed by atoms with Gasteiger partial charge in [0.25, 0.3) is 0 Å². The molecule has 0 radical (unpaired) electrons. The Morgan fingerprint density at radius 2 is 1.95 bits per heavy atom. The van der Waals surface area contributed by atoms with Crippen molar-refractivity contribution < 1.29 is 0 Å². The van der Waals surface area contributed by atoms with Crippen molar-refractivity contribution in [1.29, 1.82) is 0 Å². The zero-order valence-corrected chi connectivity index (χ0v) is 13.6. The SMILES string of the molecule is CCc1nc(NCc2ccc(Cl)cc2)c2cc(C)sc2n1. The summed E-state index contributed by atoms with van der Waals surface area (Å²) >= 11 is 7.62. The lowest BCUT2D eigenvalue weighted by molar-refractivity contribution is 0.957. The largest absolute Gasteiger partial charge is 0.365 e. The molecule has 0 atom stereocenters. The van der Waals surface area contributed by atoms with Crippen molar-refractivity contribution >= 4 is 39.0 Å². The number of aromatic nitrogens is 2. The van der Waals surface area contributed by atoms with Crippen molar-refractivity contribution in [3.63, 3.8) is 0 Å². The van der Waals surface area contributed by atoms with E-state index in [-0.39, 0.29) is 0 Å². The van der Waals surface area contributed by atoms with Crippen LogP contribution in [-0.4, -0.2) is 9.97 Å². The van der Waals surface area contributed by atoms with Crippen LogP contribution in [-0.2, 0) is 13.0 Å². The number of halogens is 1. The van der Waals surface area contributed by atoms with E-state index < -0.39 is 0 Å². The van der Waals surface area contributed by atoms with E-state index in [0.717, 1.165) is 39.8 Å². The molecule has 0 saturated carbocycles. The quantitative estimate of drug-likeness (QED) is 0.749. The van der Waals surface area contributed by atoms with E-state index in [9.17, 15) is 0 Å². The van der Waals surface area contributed by atoms with Gasteiger partial charge in [0.15, 0.2) is 0 Å². The third-order valence-electron chi connectivity index (χ3n) is 3.25. The van der Waals surface area contributed by atoms with Gasteiger partial charge in [-0.1, -0.05) is 30.7 Å². The Kier molecular flexibility index (Phi) is 4.08. The maximum absolute atomic E-state index is 5.91. The average Bonchev–Trinajstić information content (AvgIpc) is 2.86. The fourth-order valence-electron chi connectivity index (χ4n) is 2.17. The van der Waals surface area contributed by atoms with Crippen LogP contribution in [0.5, 0.6) is 0 Å².